The van der Waals surface area contributed by atoms with Crippen molar-refractivity contribution in [2.45, 2.75) is 25.8 Å². The number of aryl methyl sites for hydroxylation is 1. The van der Waals surface area contributed by atoms with Crippen molar-refractivity contribution < 1.29 is 4.74 Å². The van der Waals surface area contributed by atoms with Crippen LogP contribution < -0.4 is 5.32 Å². The van der Waals surface area contributed by atoms with Crippen molar-refractivity contribution in [3.8, 4) is 0 Å². The SMILES string of the molecule is Cc1cccc2nc(NC3CCOCC3)nn12. The van der Waals surface area contributed by atoms with Crippen LogP contribution in [0.5, 0.6) is 0 Å². The summed E-state index contributed by atoms with van der Waals surface area (Å²) in [5.41, 5.74) is 1.98. The third-order valence-corrected chi connectivity index (χ3v) is 3.10. The van der Waals surface area contributed by atoms with Crippen molar-refractivity contribution in [1.82, 2.24) is 14.6 Å². The first-order chi connectivity index (χ1) is 8.33. The van der Waals surface area contributed by atoms with Gasteiger partial charge < -0.3 is 10.1 Å². The molecule has 17 heavy (non-hydrogen) atoms. The van der Waals surface area contributed by atoms with Gasteiger partial charge in [0, 0.05) is 24.9 Å². The highest BCUT2D eigenvalue weighted by molar-refractivity contribution is 5.44. The molecule has 0 aliphatic carbocycles. The maximum atomic E-state index is 5.33. The van der Waals surface area contributed by atoms with Crippen LogP contribution in [0.4, 0.5) is 5.95 Å². The van der Waals surface area contributed by atoms with Gasteiger partial charge in [0.05, 0.1) is 0 Å². The first kappa shape index (κ1) is 10.5. The minimum absolute atomic E-state index is 0.432. The van der Waals surface area contributed by atoms with Gasteiger partial charge in [-0.2, -0.15) is 4.98 Å². The quantitative estimate of drug-likeness (QED) is 0.855. The molecule has 1 aliphatic rings. The van der Waals surface area contributed by atoms with E-state index in [2.05, 4.69) is 15.4 Å². The Morgan fingerprint density at radius 3 is 2.94 bits per heavy atom. The van der Waals surface area contributed by atoms with E-state index in [1.54, 1.807) is 0 Å². The molecule has 1 aliphatic heterocycles. The zero-order valence-electron chi connectivity index (χ0n) is 9.89. The molecule has 0 radical (unpaired) electrons. The van der Waals surface area contributed by atoms with Gasteiger partial charge in [-0.25, -0.2) is 4.52 Å². The second kappa shape index (κ2) is 4.33. The lowest BCUT2D eigenvalue weighted by atomic mass is 10.1. The summed E-state index contributed by atoms with van der Waals surface area (Å²) in [4.78, 5) is 4.47. The number of pyridine rings is 1. The van der Waals surface area contributed by atoms with Crippen molar-refractivity contribution in [1.29, 1.82) is 0 Å². The van der Waals surface area contributed by atoms with Gasteiger partial charge in [-0.05, 0) is 31.9 Å². The van der Waals surface area contributed by atoms with Gasteiger partial charge in [0.15, 0.2) is 5.65 Å². The molecule has 0 atom stereocenters. The van der Waals surface area contributed by atoms with Crippen LogP contribution in [0.2, 0.25) is 0 Å². The van der Waals surface area contributed by atoms with Gasteiger partial charge in [0.25, 0.3) is 0 Å². The Kier molecular flexibility index (Phi) is 2.68. The van der Waals surface area contributed by atoms with E-state index >= 15 is 0 Å². The summed E-state index contributed by atoms with van der Waals surface area (Å²) in [6, 6.07) is 6.42. The molecule has 2 aromatic rings. The second-order valence-corrected chi connectivity index (χ2v) is 4.40. The van der Waals surface area contributed by atoms with Crippen LogP contribution in [0.25, 0.3) is 5.65 Å². The summed E-state index contributed by atoms with van der Waals surface area (Å²) in [5.74, 6) is 0.714. The summed E-state index contributed by atoms with van der Waals surface area (Å²) in [5, 5.41) is 7.83. The van der Waals surface area contributed by atoms with E-state index in [9.17, 15) is 0 Å². The zero-order chi connectivity index (χ0) is 11.7. The fourth-order valence-corrected chi connectivity index (χ4v) is 2.12. The van der Waals surface area contributed by atoms with Crippen molar-refractivity contribution in [2.24, 2.45) is 0 Å². The van der Waals surface area contributed by atoms with E-state index < -0.39 is 0 Å². The molecule has 0 spiro atoms. The van der Waals surface area contributed by atoms with Crippen LogP contribution in [0.1, 0.15) is 18.5 Å². The zero-order valence-corrected chi connectivity index (χ0v) is 9.89. The Morgan fingerprint density at radius 2 is 2.18 bits per heavy atom. The predicted molar refractivity (Wildman–Crippen MR) is 65.2 cm³/mol. The number of nitrogens with one attached hydrogen (secondary N) is 1. The minimum Gasteiger partial charge on any atom is -0.381 e. The fraction of sp³-hybridized carbons (Fsp3) is 0.500. The van der Waals surface area contributed by atoms with Gasteiger partial charge in [-0.3, -0.25) is 0 Å². The summed E-state index contributed by atoms with van der Waals surface area (Å²) in [7, 11) is 0. The number of fused-ring (bicyclic) bond motifs is 1. The third-order valence-electron chi connectivity index (χ3n) is 3.10. The van der Waals surface area contributed by atoms with Crippen molar-refractivity contribution >= 4 is 11.6 Å². The molecule has 5 heteroatoms. The molecule has 0 amide bonds. The second-order valence-electron chi connectivity index (χ2n) is 4.40. The van der Waals surface area contributed by atoms with Gasteiger partial charge in [-0.1, -0.05) is 6.07 Å². The molecule has 0 aromatic carbocycles. The topological polar surface area (TPSA) is 51.5 Å². The Hall–Kier alpha value is -1.62. The smallest absolute Gasteiger partial charge is 0.243 e. The van der Waals surface area contributed by atoms with Gasteiger partial charge in [0.2, 0.25) is 5.95 Å². The standard InChI is InChI=1S/C12H16N4O/c1-9-3-2-4-11-14-12(15-16(9)11)13-10-5-7-17-8-6-10/h2-4,10H,5-8H2,1H3,(H,13,15). The summed E-state index contributed by atoms with van der Waals surface area (Å²) in [6.45, 7) is 3.67. The van der Waals surface area contributed by atoms with Crippen molar-refractivity contribution in [3.63, 3.8) is 0 Å². The van der Waals surface area contributed by atoms with Gasteiger partial charge >= 0.3 is 0 Å². The van der Waals surface area contributed by atoms with Crippen LogP contribution >= 0.6 is 0 Å². The lowest BCUT2D eigenvalue weighted by molar-refractivity contribution is 0.0903. The monoisotopic (exact) mass is 232 g/mol. The molecule has 5 nitrogen and oxygen atoms in total. The highest BCUT2D eigenvalue weighted by atomic mass is 16.5. The Bertz CT molecular complexity index is 516. The number of ether oxygens (including phenoxy) is 1. The molecule has 0 saturated carbocycles. The maximum Gasteiger partial charge on any atom is 0.243 e. The normalized spacial score (nSPS) is 17.5. The average Bonchev–Trinajstić information content (AvgIpc) is 2.74. The summed E-state index contributed by atoms with van der Waals surface area (Å²) < 4.78 is 7.19. The Morgan fingerprint density at radius 1 is 1.35 bits per heavy atom. The van der Waals surface area contributed by atoms with Crippen molar-refractivity contribution in [2.75, 3.05) is 18.5 Å². The number of hydrogen-bond acceptors (Lipinski definition) is 4. The molecule has 1 N–H and O–H groups in total. The lowest BCUT2D eigenvalue weighted by Crippen LogP contribution is -2.28. The first-order valence-corrected chi connectivity index (χ1v) is 5.99. The highest BCUT2D eigenvalue weighted by Crippen LogP contribution is 2.13. The van der Waals surface area contributed by atoms with E-state index in [0.29, 0.717) is 12.0 Å². The molecule has 1 saturated heterocycles. The van der Waals surface area contributed by atoms with Crippen LogP contribution in [-0.4, -0.2) is 33.9 Å². The summed E-state index contributed by atoms with van der Waals surface area (Å²) >= 11 is 0. The lowest BCUT2D eigenvalue weighted by Gasteiger charge is -2.22. The van der Waals surface area contributed by atoms with Crippen LogP contribution in [0, 0.1) is 6.92 Å². The Balaban J connectivity index is 1.83. The first-order valence-electron chi connectivity index (χ1n) is 5.99. The minimum atomic E-state index is 0.432. The molecule has 1 fully saturated rings. The van der Waals surface area contributed by atoms with Gasteiger partial charge in [0.1, 0.15) is 0 Å². The van der Waals surface area contributed by atoms with E-state index in [1.165, 1.54) is 0 Å². The van der Waals surface area contributed by atoms with Gasteiger partial charge in [-0.15, -0.1) is 5.10 Å². The highest BCUT2D eigenvalue weighted by Gasteiger charge is 2.15. The number of rotatable bonds is 2. The van der Waals surface area contributed by atoms with Crippen LogP contribution in [0.15, 0.2) is 18.2 Å². The van der Waals surface area contributed by atoms with Crippen LogP contribution in [-0.2, 0) is 4.74 Å². The molecule has 3 heterocycles. The fourth-order valence-electron chi connectivity index (χ4n) is 2.12. The number of aromatic nitrogens is 3. The van der Waals surface area contributed by atoms with E-state index in [1.807, 2.05) is 29.6 Å². The largest absolute Gasteiger partial charge is 0.381 e. The van der Waals surface area contributed by atoms with E-state index in [0.717, 1.165) is 37.4 Å². The molecule has 3 rings (SSSR count). The van der Waals surface area contributed by atoms with E-state index in [-0.39, 0.29) is 0 Å². The molecular formula is C12H16N4O. The molecule has 2 aromatic heterocycles. The number of hydrogen-bond donors (Lipinski definition) is 1. The average molecular weight is 232 g/mol. The molecule has 90 valence electrons. The molecular weight excluding hydrogens is 216 g/mol. The third kappa shape index (κ3) is 2.10. The Labute approximate surface area is 99.8 Å². The van der Waals surface area contributed by atoms with Crippen molar-refractivity contribution in [3.05, 3.63) is 23.9 Å². The number of anilines is 1. The predicted octanol–water partition coefficient (Wildman–Crippen LogP) is 1.63. The maximum absolute atomic E-state index is 5.33. The summed E-state index contributed by atoms with van der Waals surface area (Å²) in [6.07, 6.45) is 2.04. The number of nitrogens with zero attached hydrogens (tertiary/aromatic N) is 3. The molecule has 0 bridgehead atoms. The van der Waals surface area contributed by atoms with E-state index in [4.69, 9.17) is 4.74 Å². The van der Waals surface area contributed by atoms with Crippen LogP contribution in [0.3, 0.4) is 0 Å². The molecule has 0 unspecified atom stereocenters.